The summed E-state index contributed by atoms with van der Waals surface area (Å²) in [6.45, 7) is 2.27. The molecule has 1 unspecified atom stereocenters. The predicted octanol–water partition coefficient (Wildman–Crippen LogP) is 1.89. The number of nitrogens with one attached hydrogen (secondary N) is 1. The van der Waals surface area contributed by atoms with Gasteiger partial charge in [0.1, 0.15) is 0 Å². The molecule has 25 heavy (non-hydrogen) atoms. The molecule has 1 atom stereocenters. The number of amides is 1. The number of likely N-dealkylation sites (tertiary alicyclic amines) is 1. The lowest BCUT2D eigenvalue weighted by Gasteiger charge is -2.37. The van der Waals surface area contributed by atoms with Crippen molar-refractivity contribution < 1.29 is 9.53 Å². The van der Waals surface area contributed by atoms with Crippen LogP contribution in [0.2, 0.25) is 0 Å². The first kappa shape index (κ1) is 16.3. The molecule has 2 aliphatic heterocycles. The zero-order valence-corrected chi connectivity index (χ0v) is 14.3. The van der Waals surface area contributed by atoms with Crippen molar-refractivity contribution in [1.29, 1.82) is 0 Å². The predicted molar refractivity (Wildman–Crippen MR) is 92.3 cm³/mol. The van der Waals surface area contributed by atoms with Crippen LogP contribution in [0.3, 0.4) is 0 Å². The van der Waals surface area contributed by atoms with Gasteiger partial charge in [0.15, 0.2) is 0 Å². The smallest absolute Gasteiger partial charge is 0.259 e. The molecule has 4 heterocycles. The Morgan fingerprint density at radius 2 is 2.12 bits per heavy atom. The number of aromatic amines is 1. The third-order valence-electron chi connectivity index (χ3n) is 5.40. The molecule has 2 aromatic heterocycles. The van der Waals surface area contributed by atoms with Crippen LogP contribution in [0.15, 0.2) is 23.3 Å². The average Bonchev–Trinajstić information content (AvgIpc) is 3.12. The topological polar surface area (TPSA) is 79.7 Å². The number of piperidine rings is 1. The summed E-state index contributed by atoms with van der Waals surface area (Å²) in [6.07, 6.45) is 8.71. The normalized spacial score (nSPS) is 22.4. The Morgan fingerprint density at radius 1 is 1.28 bits per heavy atom. The van der Waals surface area contributed by atoms with Gasteiger partial charge < -0.3 is 14.6 Å². The molecule has 7 heteroatoms. The number of imidazole rings is 1. The van der Waals surface area contributed by atoms with Crippen molar-refractivity contribution >= 4 is 11.7 Å². The zero-order valence-electron chi connectivity index (χ0n) is 14.3. The summed E-state index contributed by atoms with van der Waals surface area (Å²) < 4.78 is 6.88. The van der Waals surface area contributed by atoms with Crippen molar-refractivity contribution in [3.8, 4) is 0 Å². The fraction of sp³-hybridized carbons (Fsp3) is 0.611. The van der Waals surface area contributed by atoms with Crippen LogP contribution in [0.4, 0.5) is 0 Å². The van der Waals surface area contributed by atoms with E-state index in [0.29, 0.717) is 18.1 Å². The van der Waals surface area contributed by atoms with Gasteiger partial charge in [0, 0.05) is 50.3 Å². The van der Waals surface area contributed by atoms with Crippen molar-refractivity contribution in [3.05, 3.63) is 34.5 Å². The summed E-state index contributed by atoms with van der Waals surface area (Å²) in [5.41, 5.74) is 0.687. The maximum absolute atomic E-state index is 12.9. The molecule has 7 nitrogen and oxygen atoms in total. The maximum Gasteiger partial charge on any atom is 0.259 e. The molecule has 0 aromatic carbocycles. The number of hydrogen-bond donors (Lipinski definition) is 1. The van der Waals surface area contributed by atoms with E-state index in [-0.39, 0.29) is 17.5 Å². The van der Waals surface area contributed by atoms with Gasteiger partial charge in [-0.3, -0.25) is 14.0 Å². The van der Waals surface area contributed by atoms with Crippen molar-refractivity contribution in [2.24, 2.45) is 5.92 Å². The zero-order chi connectivity index (χ0) is 17.2. The largest absolute Gasteiger partial charge is 0.381 e. The first-order valence-corrected chi connectivity index (χ1v) is 9.16. The molecule has 134 valence electrons. The second kappa shape index (κ2) is 7.00. The summed E-state index contributed by atoms with van der Waals surface area (Å²) in [7, 11) is 0. The molecule has 0 spiro atoms. The van der Waals surface area contributed by atoms with Gasteiger partial charge in [0.05, 0.1) is 6.04 Å². The third-order valence-corrected chi connectivity index (χ3v) is 5.40. The highest BCUT2D eigenvalue weighted by molar-refractivity contribution is 5.77. The number of aromatic nitrogens is 3. The van der Waals surface area contributed by atoms with E-state index in [1.165, 1.54) is 4.40 Å². The van der Waals surface area contributed by atoms with Crippen LogP contribution in [0.5, 0.6) is 0 Å². The van der Waals surface area contributed by atoms with Crippen molar-refractivity contribution in [2.75, 3.05) is 19.8 Å². The number of carbonyl (C=O) groups excluding carboxylic acids is 1. The molecule has 0 radical (unpaired) electrons. The summed E-state index contributed by atoms with van der Waals surface area (Å²) in [5, 5.41) is 0. The van der Waals surface area contributed by atoms with Crippen molar-refractivity contribution in [2.45, 2.75) is 44.6 Å². The Morgan fingerprint density at radius 3 is 2.96 bits per heavy atom. The standard InChI is InChI=1S/C18H24N4O3/c23-16(11-13-4-9-25-10-5-13)21-7-2-1-3-15(21)14-12-17(24)22-8-6-19-18(22)20-14/h6,8,12-13,15H,1-5,7,9-11H2,(H,19,20). The number of carbonyl (C=O) groups is 1. The van der Waals surface area contributed by atoms with Gasteiger partial charge >= 0.3 is 0 Å². The average molecular weight is 344 g/mol. The van der Waals surface area contributed by atoms with E-state index in [2.05, 4.69) is 9.97 Å². The summed E-state index contributed by atoms with van der Waals surface area (Å²) in [5.74, 6) is 1.14. The molecule has 0 aliphatic carbocycles. The van der Waals surface area contributed by atoms with E-state index in [1.807, 2.05) is 4.90 Å². The van der Waals surface area contributed by atoms with Crippen LogP contribution in [0.25, 0.3) is 5.78 Å². The highest BCUT2D eigenvalue weighted by Gasteiger charge is 2.30. The van der Waals surface area contributed by atoms with Crippen molar-refractivity contribution in [3.63, 3.8) is 0 Å². The summed E-state index contributed by atoms with van der Waals surface area (Å²) in [6, 6.07) is 1.55. The minimum Gasteiger partial charge on any atom is -0.381 e. The Bertz CT molecular complexity index is 806. The van der Waals surface area contributed by atoms with Gasteiger partial charge in [-0.15, -0.1) is 0 Å². The van der Waals surface area contributed by atoms with Crippen molar-refractivity contribution in [1.82, 2.24) is 19.3 Å². The van der Waals surface area contributed by atoms with E-state index in [9.17, 15) is 9.59 Å². The van der Waals surface area contributed by atoms with Gasteiger partial charge in [0.25, 0.3) is 5.56 Å². The third kappa shape index (κ3) is 3.33. The number of H-pyrrole nitrogens is 1. The molecule has 4 rings (SSSR count). The minimum atomic E-state index is -0.108. The molecule has 0 bridgehead atoms. The lowest BCUT2D eigenvalue weighted by molar-refractivity contribution is -0.136. The number of fused-ring (bicyclic) bond motifs is 1. The van der Waals surface area contributed by atoms with Crippen LogP contribution in [0.1, 0.15) is 50.3 Å². The highest BCUT2D eigenvalue weighted by atomic mass is 16.5. The van der Waals surface area contributed by atoms with Gasteiger partial charge in [0.2, 0.25) is 11.7 Å². The van der Waals surface area contributed by atoms with Crippen LogP contribution >= 0.6 is 0 Å². The van der Waals surface area contributed by atoms with Crippen LogP contribution in [-0.4, -0.2) is 44.9 Å². The van der Waals surface area contributed by atoms with Crippen LogP contribution in [-0.2, 0) is 9.53 Å². The first-order valence-electron chi connectivity index (χ1n) is 9.16. The van der Waals surface area contributed by atoms with Gasteiger partial charge in [-0.1, -0.05) is 0 Å². The molecular formula is C18H24N4O3. The lowest BCUT2D eigenvalue weighted by Crippen LogP contribution is -2.40. The van der Waals surface area contributed by atoms with E-state index >= 15 is 0 Å². The quantitative estimate of drug-likeness (QED) is 0.922. The monoisotopic (exact) mass is 344 g/mol. The second-order valence-electron chi connectivity index (χ2n) is 7.04. The number of ether oxygens (including phenoxy) is 1. The van der Waals surface area contributed by atoms with Crippen LogP contribution in [0, 0.1) is 5.92 Å². The summed E-state index contributed by atoms with van der Waals surface area (Å²) >= 11 is 0. The maximum atomic E-state index is 12.9. The lowest BCUT2D eigenvalue weighted by atomic mass is 9.93. The molecule has 1 amide bonds. The molecule has 2 saturated heterocycles. The Balaban J connectivity index is 1.57. The fourth-order valence-electron chi connectivity index (χ4n) is 3.99. The number of nitrogens with zero attached hydrogens (tertiary/aromatic N) is 3. The molecule has 0 saturated carbocycles. The van der Waals surface area contributed by atoms with Gasteiger partial charge in [-0.2, -0.15) is 0 Å². The fourth-order valence-corrected chi connectivity index (χ4v) is 3.99. The van der Waals surface area contributed by atoms with E-state index in [4.69, 9.17) is 4.74 Å². The van der Waals surface area contributed by atoms with E-state index < -0.39 is 0 Å². The molecule has 2 aliphatic rings. The number of rotatable bonds is 3. The summed E-state index contributed by atoms with van der Waals surface area (Å²) in [4.78, 5) is 34.6. The first-order chi connectivity index (χ1) is 12.2. The molecule has 2 aromatic rings. The number of hydrogen-bond acceptors (Lipinski definition) is 4. The van der Waals surface area contributed by atoms with Crippen LogP contribution < -0.4 is 5.56 Å². The Kier molecular flexibility index (Phi) is 4.57. The SMILES string of the molecule is O=C(CC1CCOCC1)N1CCCCC1c1cc(=O)n2ccnc2[nH]1. The molecular weight excluding hydrogens is 320 g/mol. The molecule has 1 N–H and O–H groups in total. The second-order valence-corrected chi connectivity index (χ2v) is 7.04. The van der Waals surface area contributed by atoms with Gasteiger partial charge in [-0.25, -0.2) is 4.98 Å². The van der Waals surface area contributed by atoms with Gasteiger partial charge in [-0.05, 0) is 38.0 Å². The van der Waals surface area contributed by atoms with E-state index in [1.54, 1.807) is 18.5 Å². The molecule has 2 fully saturated rings. The Hall–Kier alpha value is -2.15. The minimum absolute atomic E-state index is 0.0597. The highest BCUT2D eigenvalue weighted by Crippen LogP contribution is 2.31. The Labute approximate surface area is 146 Å². The van der Waals surface area contributed by atoms with E-state index in [0.717, 1.165) is 57.6 Å².